The Labute approximate surface area is 195 Å². The van der Waals surface area contributed by atoms with E-state index in [0.29, 0.717) is 37.6 Å². The summed E-state index contributed by atoms with van der Waals surface area (Å²) >= 11 is 0. The van der Waals surface area contributed by atoms with E-state index in [1.807, 2.05) is 19.2 Å². The average molecular weight is 454 g/mol. The average Bonchev–Trinajstić information content (AvgIpc) is 3.34. The summed E-state index contributed by atoms with van der Waals surface area (Å²) in [5, 5.41) is 16.1. The molecule has 2 aromatic heterocycles. The van der Waals surface area contributed by atoms with Gasteiger partial charge in [0.25, 0.3) is 0 Å². The second kappa shape index (κ2) is 7.34. The van der Waals surface area contributed by atoms with Crippen molar-refractivity contribution >= 4 is 16.7 Å². The van der Waals surface area contributed by atoms with Crippen LogP contribution in [-0.2, 0) is 11.3 Å². The van der Waals surface area contributed by atoms with Gasteiger partial charge in [0, 0.05) is 23.7 Å². The van der Waals surface area contributed by atoms with E-state index < -0.39 is 11.3 Å². The van der Waals surface area contributed by atoms with E-state index in [1.165, 1.54) is 0 Å². The van der Waals surface area contributed by atoms with Crippen LogP contribution in [0.25, 0.3) is 10.9 Å². The van der Waals surface area contributed by atoms with Gasteiger partial charge in [-0.05, 0) is 99.9 Å². The van der Waals surface area contributed by atoms with E-state index in [9.17, 15) is 9.90 Å². The molecule has 0 radical (unpaired) electrons. The molecule has 0 amide bonds. The lowest BCUT2D eigenvalue weighted by Crippen LogP contribution is -2.58. The quantitative estimate of drug-likeness (QED) is 0.701. The lowest BCUT2D eigenvalue weighted by atomic mass is 9.48. The molecule has 0 saturated heterocycles. The molecule has 0 aromatic carbocycles. The first kappa shape index (κ1) is 21.7. The molecule has 0 bridgehead atoms. The molecule has 0 spiro atoms. The van der Waals surface area contributed by atoms with Crippen molar-refractivity contribution in [3.8, 4) is 0 Å². The van der Waals surface area contributed by atoms with Gasteiger partial charge in [-0.25, -0.2) is 4.39 Å². The number of hydrogen-bond acceptors (Lipinski definition) is 4. The molecule has 6 rings (SSSR count). The second-order valence-electron chi connectivity index (χ2n) is 12.2. The summed E-state index contributed by atoms with van der Waals surface area (Å²) < 4.78 is 18.3. The van der Waals surface area contributed by atoms with E-state index in [4.69, 9.17) is 0 Å². The molecule has 178 valence electrons. The standard InChI is InChI=1S/C27H36FN3O2/c1-25(33)10-11-27(28)18(13-25)3-4-19-20-5-6-22(26(20,2)9-7-21(19)27)24(32)16-31-15-17-8-12-29-14-23(17)30-31/h8,12,14-15,18-22,33H,3-7,9-11,13,16H2,1-2H3/t18-,19+,20+,21+,22-,25-,26+,27-/m1/s1. The SMILES string of the molecule is C[C@@]1(O)CC[C@@]2(F)[C@H](CC[C@H]3[C@@H]4CC[C@H](C(=O)Cn5cc6ccncc6n5)[C@@]4(C)CC[C@@H]32)C1. The van der Waals surface area contributed by atoms with Crippen molar-refractivity contribution in [3.05, 3.63) is 24.7 Å². The third kappa shape index (κ3) is 3.30. The zero-order chi connectivity index (χ0) is 23.0. The predicted molar refractivity (Wildman–Crippen MR) is 124 cm³/mol. The number of aliphatic hydroxyl groups is 1. The van der Waals surface area contributed by atoms with Crippen molar-refractivity contribution in [2.75, 3.05) is 0 Å². The molecular formula is C27H36FN3O2. The summed E-state index contributed by atoms with van der Waals surface area (Å²) in [6.07, 6.45) is 12.8. The van der Waals surface area contributed by atoms with E-state index >= 15 is 4.39 Å². The number of fused-ring (bicyclic) bond motifs is 6. The van der Waals surface area contributed by atoms with E-state index in [0.717, 1.165) is 49.4 Å². The number of Topliss-reactive ketones (excluding diaryl/α,β-unsaturated/α-hetero) is 1. The molecule has 4 aliphatic carbocycles. The molecule has 4 aliphatic rings. The summed E-state index contributed by atoms with van der Waals surface area (Å²) in [7, 11) is 0. The summed E-state index contributed by atoms with van der Waals surface area (Å²) in [6, 6.07) is 1.92. The van der Waals surface area contributed by atoms with E-state index in [2.05, 4.69) is 17.0 Å². The minimum atomic E-state index is -1.13. The summed E-state index contributed by atoms with van der Waals surface area (Å²) in [5.74, 6) is 1.22. The molecule has 2 heterocycles. The fourth-order valence-electron chi connectivity index (χ4n) is 8.77. The molecule has 4 saturated carbocycles. The fraction of sp³-hybridized carbons (Fsp3) is 0.741. The van der Waals surface area contributed by atoms with Crippen molar-refractivity contribution in [1.82, 2.24) is 14.8 Å². The van der Waals surface area contributed by atoms with Gasteiger partial charge in [0.2, 0.25) is 0 Å². The van der Waals surface area contributed by atoms with Crippen LogP contribution in [-0.4, -0.2) is 36.9 Å². The largest absolute Gasteiger partial charge is 0.390 e. The number of carbonyl (C=O) groups excluding carboxylic acids is 1. The Balaban J connectivity index is 1.21. The first-order valence-corrected chi connectivity index (χ1v) is 12.9. The van der Waals surface area contributed by atoms with E-state index in [1.54, 1.807) is 17.1 Å². The topological polar surface area (TPSA) is 68.0 Å². The number of carbonyl (C=O) groups is 1. The van der Waals surface area contributed by atoms with Gasteiger partial charge in [-0.15, -0.1) is 0 Å². The van der Waals surface area contributed by atoms with Crippen LogP contribution in [0, 0.1) is 35.0 Å². The van der Waals surface area contributed by atoms with Gasteiger partial charge in [0.15, 0.2) is 5.78 Å². The van der Waals surface area contributed by atoms with Crippen LogP contribution in [0.5, 0.6) is 0 Å². The Morgan fingerprint density at radius 1 is 1.15 bits per heavy atom. The Kier molecular flexibility index (Phi) is 4.82. The predicted octanol–water partition coefficient (Wildman–Crippen LogP) is 5.11. The van der Waals surface area contributed by atoms with E-state index in [-0.39, 0.29) is 29.0 Å². The van der Waals surface area contributed by atoms with Crippen molar-refractivity contribution < 1.29 is 14.3 Å². The van der Waals surface area contributed by atoms with Crippen LogP contribution in [0.15, 0.2) is 24.7 Å². The number of alkyl halides is 1. The summed E-state index contributed by atoms with van der Waals surface area (Å²) in [6.45, 7) is 4.50. The number of halogens is 1. The van der Waals surface area contributed by atoms with Gasteiger partial charge in [0.1, 0.15) is 11.2 Å². The van der Waals surface area contributed by atoms with Crippen molar-refractivity contribution in [3.63, 3.8) is 0 Å². The lowest BCUT2D eigenvalue weighted by Gasteiger charge is -2.59. The smallest absolute Gasteiger partial charge is 0.157 e. The van der Waals surface area contributed by atoms with Gasteiger partial charge in [-0.3, -0.25) is 14.5 Å². The summed E-state index contributed by atoms with van der Waals surface area (Å²) in [4.78, 5) is 17.6. The molecule has 4 fully saturated rings. The Morgan fingerprint density at radius 2 is 2.00 bits per heavy atom. The highest BCUT2D eigenvalue weighted by atomic mass is 19.1. The fourth-order valence-corrected chi connectivity index (χ4v) is 8.77. The van der Waals surface area contributed by atoms with Crippen molar-refractivity contribution in [2.24, 2.45) is 35.0 Å². The Bertz CT molecular complexity index is 1050. The molecule has 2 aromatic rings. The first-order valence-electron chi connectivity index (χ1n) is 12.9. The van der Waals surface area contributed by atoms with Gasteiger partial charge >= 0.3 is 0 Å². The number of aromatic nitrogens is 3. The Hall–Kier alpha value is -1.82. The zero-order valence-corrected chi connectivity index (χ0v) is 19.8. The van der Waals surface area contributed by atoms with Crippen LogP contribution in [0.2, 0.25) is 0 Å². The third-order valence-electron chi connectivity index (χ3n) is 10.4. The monoisotopic (exact) mass is 453 g/mol. The first-order chi connectivity index (χ1) is 15.7. The highest BCUT2D eigenvalue weighted by Crippen LogP contribution is 2.66. The maximum absolute atomic E-state index is 16.5. The second-order valence-corrected chi connectivity index (χ2v) is 12.2. The van der Waals surface area contributed by atoms with Crippen LogP contribution in [0.1, 0.15) is 71.6 Å². The molecule has 8 atom stereocenters. The van der Waals surface area contributed by atoms with Crippen LogP contribution in [0.4, 0.5) is 4.39 Å². The Morgan fingerprint density at radius 3 is 2.82 bits per heavy atom. The lowest BCUT2D eigenvalue weighted by molar-refractivity contribution is -0.166. The number of ketones is 1. The molecular weight excluding hydrogens is 417 g/mol. The highest BCUT2D eigenvalue weighted by molar-refractivity contribution is 5.83. The minimum absolute atomic E-state index is 0.00544. The maximum atomic E-state index is 16.5. The van der Waals surface area contributed by atoms with Gasteiger partial charge in [-0.2, -0.15) is 5.10 Å². The van der Waals surface area contributed by atoms with Crippen LogP contribution < -0.4 is 0 Å². The number of hydrogen-bond donors (Lipinski definition) is 1. The van der Waals surface area contributed by atoms with Gasteiger partial charge in [-0.1, -0.05) is 6.92 Å². The van der Waals surface area contributed by atoms with Gasteiger partial charge < -0.3 is 5.11 Å². The number of nitrogens with zero attached hydrogens (tertiary/aromatic N) is 3. The van der Waals surface area contributed by atoms with Crippen molar-refractivity contribution in [2.45, 2.75) is 89.4 Å². The zero-order valence-electron chi connectivity index (χ0n) is 19.8. The number of rotatable bonds is 3. The van der Waals surface area contributed by atoms with Crippen LogP contribution >= 0.6 is 0 Å². The maximum Gasteiger partial charge on any atom is 0.157 e. The normalized spacial score (nSPS) is 44.8. The molecule has 0 unspecified atom stereocenters. The number of pyridine rings is 1. The van der Waals surface area contributed by atoms with Gasteiger partial charge in [0.05, 0.1) is 18.3 Å². The molecule has 5 nitrogen and oxygen atoms in total. The molecule has 1 N–H and O–H groups in total. The minimum Gasteiger partial charge on any atom is -0.390 e. The van der Waals surface area contributed by atoms with Crippen LogP contribution in [0.3, 0.4) is 0 Å². The van der Waals surface area contributed by atoms with Crippen molar-refractivity contribution in [1.29, 1.82) is 0 Å². The molecule has 33 heavy (non-hydrogen) atoms. The summed E-state index contributed by atoms with van der Waals surface area (Å²) in [5.41, 5.74) is -1.06. The molecule has 6 heteroatoms. The third-order valence-corrected chi connectivity index (χ3v) is 10.4. The molecule has 0 aliphatic heterocycles. The highest BCUT2D eigenvalue weighted by Gasteiger charge is 2.63.